The standard InChI is InChI=1S/C22H20FN3O2/c23-18-10-4-5-11-19(18)26-21(27)17-12-14-24-20(15-17)22(28)25-13-6-9-16-7-2-1-3-8-16/h1-5,7-8,10-12,14-15H,6,9,13H2,(H,25,28)(H,26,27). The molecule has 28 heavy (non-hydrogen) atoms. The van der Waals surface area contributed by atoms with Crippen LogP contribution in [-0.4, -0.2) is 23.3 Å². The average Bonchev–Trinajstić information content (AvgIpc) is 2.73. The fraction of sp³-hybridized carbons (Fsp3) is 0.136. The minimum atomic E-state index is -0.527. The van der Waals surface area contributed by atoms with Crippen molar-refractivity contribution in [2.45, 2.75) is 12.8 Å². The van der Waals surface area contributed by atoms with Crippen molar-refractivity contribution in [2.24, 2.45) is 0 Å². The average molecular weight is 377 g/mol. The van der Waals surface area contributed by atoms with Gasteiger partial charge in [-0.2, -0.15) is 0 Å². The zero-order chi connectivity index (χ0) is 19.8. The molecule has 0 spiro atoms. The van der Waals surface area contributed by atoms with Crippen LogP contribution in [0.1, 0.15) is 32.8 Å². The van der Waals surface area contributed by atoms with Crippen LogP contribution in [-0.2, 0) is 6.42 Å². The molecule has 0 aliphatic carbocycles. The molecular weight excluding hydrogens is 357 g/mol. The van der Waals surface area contributed by atoms with Gasteiger partial charge in [-0.3, -0.25) is 14.6 Å². The number of hydrogen-bond donors (Lipinski definition) is 2. The van der Waals surface area contributed by atoms with E-state index in [-0.39, 0.29) is 22.9 Å². The maximum absolute atomic E-state index is 13.7. The number of aromatic nitrogens is 1. The van der Waals surface area contributed by atoms with E-state index in [1.54, 1.807) is 6.07 Å². The van der Waals surface area contributed by atoms with Crippen LogP contribution in [0.4, 0.5) is 10.1 Å². The van der Waals surface area contributed by atoms with E-state index in [2.05, 4.69) is 15.6 Å². The maximum Gasteiger partial charge on any atom is 0.269 e. The number of nitrogens with zero attached hydrogens (tertiary/aromatic N) is 1. The number of halogens is 1. The van der Waals surface area contributed by atoms with E-state index in [0.717, 1.165) is 12.8 Å². The van der Waals surface area contributed by atoms with Gasteiger partial charge in [-0.1, -0.05) is 42.5 Å². The van der Waals surface area contributed by atoms with Crippen LogP contribution < -0.4 is 10.6 Å². The molecule has 5 nitrogen and oxygen atoms in total. The van der Waals surface area contributed by atoms with E-state index in [1.165, 1.54) is 42.1 Å². The molecule has 142 valence electrons. The molecular formula is C22H20FN3O2. The van der Waals surface area contributed by atoms with Crippen LogP contribution >= 0.6 is 0 Å². The van der Waals surface area contributed by atoms with Crippen molar-refractivity contribution in [2.75, 3.05) is 11.9 Å². The second kappa shape index (κ2) is 9.41. The third kappa shape index (κ3) is 5.23. The summed E-state index contributed by atoms with van der Waals surface area (Å²) in [5, 5.41) is 5.29. The lowest BCUT2D eigenvalue weighted by atomic mass is 10.1. The molecule has 0 unspecified atom stereocenters. The van der Waals surface area contributed by atoms with Gasteiger partial charge in [0.2, 0.25) is 0 Å². The van der Waals surface area contributed by atoms with Gasteiger partial charge in [0, 0.05) is 18.3 Å². The number of aryl methyl sites for hydroxylation is 1. The highest BCUT2D eigenvalue weighted by Gasteiger charge is 2.13. The van der Waals surface area contributed by atoms with Gasteiger partial charge in [0.25, 0.3) is 11.8 Å². The molecule has 0 fully saturated rings. The minimum Gasteiger partial charge on any atom is -0.351 e. The van der Waals surface area contributed by atoms with E-state index in [9.17, 15) is 14.0 Å². The quantitative estimate of drug-likeness (QED) is 0.615. The van der Waals surface area contributed by atoms with Crippen molar-refractivity contribution in [3.05, 3.63) is 95.6 Å². The Bertz CT molecular complexity index is 961. The summed E-state index contributed by atoms with van der Waals surface area (Å²) in [5.41, 5.74) is 1.66. The fourth-order valence-corrected chi connectivity index (χ4v) is 2.68. The van der Waals surface area contributed by atoms with Gasteiger partial charge in [0.1, 0.15) is 11.5 Å². The zero-order valence-corrected chi connectivity index (χ0v) is 15.2. The first-order valence-corrected chi connectivity index (χ1v) is 8.97. The van der Waals surface area contributed by atoms with Crippen molar-refractivity contribution >= 4 is 17.5 Å². The SMILES string of the molecule is O=C(Nc1ccccc1F)c1ccnc(C(=O)NCCCc2ccccc2)c1. The van der Waals surface area contributed by atoms with Crippen molar-refractivity contribution in [1.82, 2.24) is 10.3 Å². The van der Waals surface area contributed by atoms with Crippen molar-refractivity contribution in [3.63, 3.8) is 0 Å². The molecule has 1 aromatic heterocycles. The van der Waals surface area contributed by atoms with E-state index < -0.39 is 11.7 Å². The topological polar surface area (TPSA) is 71.1 Å². The second-order valence-corrected chi connectivity index (χ2v) is 6.21. The number of amides is 2. The lowest BCUT2D eigenvalue weighted by molar-refractivity contribution is 0.0948. The molecule has 1 heterocycles. The molecule has 0 radical (unpaired) electrons. The fourth-order valence-electron chi connectivity index (χ4n) is 2.68. The lowest BCUT2D eigenvalue weighted by Gasteiger charge is -2.08. The predicted molar refractivity (Wildman–Crippen MR) is 106 cm³/mol. The summed E-state index contributed by atoms with van der Waals surface area (Å²) in [4.78, 5) is 28.6. The Kier molecular flexibility index (Phi) is 6.46. The molecule has 0 atom stereocenters. The Hall–Kier alpha value is -3.54. The number of benzene rings is 2. The number of carbonyl (C=O) groups excluding carboxylic acids is 2. The van der Waals surface area contributed by atoms with Gasteiger partial charge in [-0.05, 0) is 42.7 Å². The van der Waals surface area contributed by atoms with Gasteiger partial charge in [-0.15, -0.1) is 0 Å². The van der Waals surface area contributed by atoms with Crippen LogP contribution in [0.5, 0.6) is 0 Å². The number of anilines is 1. The Morgan fingerprint density at radius 3 is 2.46 bits per heavy atom. The number of pyridine rings is 1. The van der Waals surface area contributed by atoms with E-state index in [0.29, 0.717) is 6.54 Å². The number of para-hydroxylation sites is 1. The van der Waals surface area contributed by atoms with Crippen molar-refractivity contribution < 1.29 is 14.0 Å². The highest BCUT2D eigenvalue weighted by Crippen LogP contribution is 2.14. The number of carbonyl (C=O) groups is 2. The molecule has 3 aromatic rings. The van der Waals surface area contributed by atoms with Crippen molar-refractivity contribution in [3.8, 4) is 0 Å². The minimum absolute atomic E-state index is 0.0798. The zero-order valence-electron chi connectivity index (χ0n) is 15.2. The lowest BCUT2D eigenvalue weighted by Crippen LogP contribution is -2.26. The van der Waals surface area contributed by atoms with E-state index >= 15 is 0 Å². The van der Waals surface area contributed by atoms with Crippen LogP contribution in [0.15, 0.2) is 72.9 Å². The van der Waals surface area contributed by atoms with Gasteiger partial charge in [0.15, 0.2) is 0 Å². The largest absolute Gasteiger partial charge is 0.351 e. The first kappa shape index (κ1) is 19.2. The molecule has 0 saturated carbocycles. The molecule has 0 saturated heterocycles. The van der Waals surface area contributed by atoms with Gasteiger partial charge >= 0.3 is 0 Å². The third-order valence-electron chi connectivity index (χ3n) is 4.15. The smallest absolute Gasteiger partial charge is 0.269 e. The molecule has 2 N–H and O–H groups in total. The van der Waals surface area contributed by atoms with E-state index in [1.807, 2.05) is 30.3 Å². The monoisotopic (exact) mass is 377 g/mol. The van der Waals surface area contributed by atoms with Crippen LogP contribution in [0.3, 0.4) is 0 Å². The summed E-state index contributed by atoms with van der Waals surface area (Å²) in [6, 6.07) is 18.8. The normalized spacial score (nSPS) is 10.3. The molecule has 0 aliphatic heterocycles. The summed E-state index contributed by atoms with van der Waals surface area (Å²) in [6.45, 7) is 0.501. The highest BCUT2D eigenvalue weighted by atomic mass is 19.1. The second-order valence-electron chi connectivity index (χ2n) is 6.21. The summed E-state index contributed by atoms with van der Waals surface area (Å²) >= 11 is 0. The summed E-state index contributed by atoms with van der Waals surface area (Å²) in [6.07, 6.45) is 3.04. The summed E-state index contributed by atoms with van der Waals surface area (Å²) in [5.74, 6) is -1.39. The number of rotatable bonds is 7. The Labute approximate surface area is 162 Å². The molecule has 0 aliphatic rings. The Morgan fingerprint density at radius 1 is 0.929 bits per heavy atom. The third-order valence-corrected chi connectivity index (χ3v) is 4.15. The molecule has 3 rings (SSSR count). The molecule has 2 aromatic carbocycles. The van der Waals surface area contributed by atoms with Crippen LogP contribution in [0.25, 0.3) is 0 Å². The molecule has 0 bridgehead atoms. The number of nitrogens with one attached hydrogen (secondary N) is 2. The van der Waals surface area contributed by atoms with Crippen LogP contribution in [0.2, 0.25) is 0 Å². The summed E-state index contributed by atoms with van der Waals surface area (Å²) < 4.78 is 13.7. The number of hydrogen-bond acceptors (Lipinski definition) is 3. The first-order chi connectivity index (χ1) is 13.6. The Balaban J connectivity index is 1.55. The Morgan fingerprint density at radius 2 is 1.68 bits per heavy atom. The summed E-state index contributed by atoms with van der Waals surface area (Å²) in [7, 11) is 0. The molecule has 6 heteroatoms. The first-order valence-electron chi connectivity index (χ1n) is 8.97. The van der Waals surface area contributed by atoms with Crippen LogP contribution in [0, 0.1) is 5.82 Å². The van der Waals surface area contributed by atoms with Gasteiger partial charge < -0.3 is 10.6 Å². The van der Waals surface area contributed by atoms with E-state index in [4.69, 9.17) is 0 Å². The van der Waals surface area contributed by atoms with Crippen molar-refractivity contribution in [1.29, 1.82) is 0 Å². The van der Waals surface area contributed by atoms with Gasteiger partial charge in [0.05, 0.1) is 5.69 Å². The highest BCUT2D eigenvalue weighted by molar-refractivity contribution is 6.05. The molecule has 2 amide bonds. The maximum atomic E-state index is 13.7. The van der Waals surface area contributed by atoms with Gasteiger partial charge in [-0.25, -0.2) is 4.39 Å². The predicted octanol–water partition coefficient (Wildman–Crippen LogP) is 3.84.